The minimum atomic E-state index is -0.454. The smallest absolute Gasteiger partial charge is 0.0634 e. The molecule has 0 aromatic heterocycles. The lowest BCUT2D eigenvalue weighted by Gasteiger charge is -2.31. The summed E-state index contributed by atoms with van der Waals surface area (Å²) in [5, 5.41) is 13.8. The molecule has 2 N–H and O–H groups in total. The van der Waals surface area contributed by atoms with Crippen LogP contribution in [0.25, 0.3) is 0 Å². The van der Waals surface area contributed by atoms with Gasteiger partial charge in [0.2, 0.25) is 0 Å². The fraction of sp³-hybridized carbons (Fsp3) is 1.00. The van der Waals surface area contributed by atoms with E-state index in [-0.39, 0.29) is 0 Å². The van der Waals surface area contributed by atoms with Gasteiger partial charge in [-0.15, -0.1) is 0 Å². The molecule has 0 aromatic carbocycles. The first-order valence-electron chi connectivity index (χ1n) is 6.60. The molecule has 1 aliphatic heterocycles. The van der Waals surface area contributed by atoms with Gasteiger partial charge in [0.05, 0.1) is 5.60 Å². The highest BCUT2D eigenvalue weighted by Crippen LogP contribution is 2.23. The molecule has 1 heterocycles. The summed E-state index contributed by atoms with van der Waals surface area (Å²) in [6.07, 6.45) is 9.39. The standard InChI is InChI=1S/C13H27NO/c1-3-4-6-9-13(2,15)11-12-8-5-7-10-14-12/h12,14-15H,3-11H2,1-2H3. The minimum Gasteiger partial charge on any atom is -0.390 e. The van der Waals surface area contributed by atoms with Crippen LogP contribution in [0.1, 0.15) is 65.2 Å². The van der Waals surface area contributed by atoms with E-state index in [0.29, 0.717) is 6.04 Å². The molecule has 0 radical (unpaired) electrons. The third-order valence-corrected chi connectivity index (χ3v) is 3.42. The average Bonchev–Trinajstić information content (AvgIpc) is 2.18. The fourth-order valence-electron chi connectivity index (χ4n) is 2.49. The van der Waals surface area contributed by atoms with Crippen molar-refractivity contribution in [2.24, 2.45) is 0 Å². The highest BCUT2D eigenvalue weighted by molar-refractivity contribution is 4.82. The molecule has 1 fully saturated rings. The fourth-order valence-corrected chi connectivity index (χ4v) is 2.49. The second-order valence-electron chi connectivity index (χ2n) is 5.31. The molecule has 1 aliphatic rings. The predicted octanol–water partition coefficient (Wildman–Crippen LogP) is 2.85. The second kappa shape index (κ2) is 6.49. The van der Waals surface area contributed by atoms with Crippen molar-refractivity contribution >= 4 is 0 Å². The number of hydrogen-bond acceptors (Lipinski definition) is 2. The minimum absolute atomic E-state index is 0.454. The molecule has 0 saturated carbocycles. The van der Waals surface area contributed by atoms with Crippen molar-refractivity contribution < 1.29 is 5.11 Å². The van der Waals surface area contributed by atoms with E-state index in [2.05, 4.69) is 12.2 Å². The van der Waals surface area contributed by atoms with Gasteiger partial charge in [-0.05, 0) is 39.2 Å². The maximum atomic E-state index is 10.3. The zero-order valence-corrected chi connectivity index (χ0v) is 10.4. The summed E-state index contributed by atoms with van der Waals surface area (Å²) < 4.78 is 0. The van der Waals surface area contributed by atoms with Crippen molar-refractivity contribution in [3.63, 3.8) is 0 Å². The van der Waals surface area contributed by atoms with Gasteiger partial charge in [0.1, 0.15) is 0 Å². The lowest BCUT2D eigenvalue weighted by atomic mass is 9.88. The summed E-state index contributed by atoms with van der Waals surface area (Å²) in [5.74, 6) is 0. The van der Waals surface area contributed by atoms with E-state index in [0.717, 1.165) is 25.8 Å². The van der Waals surface area contributed by atoms with Crippen LogP contribution in [0.15, 0.2) is 0 Å². The molecule has 2 nitrogen and oxygen atoms in total. The molecule has 0 aromatic rings. The number of rotatable bonds is 6. The van der Waals surface area contributed by atoms with Gasteiger partial charge in [-0.2, -0.15) is 0 Å². The Balaban J connectivity index is 2.20. The van der Waals surface area contributed by atoms with Crippen molar-refractivity contribution in [2.75, 3.05) is 6.54 Å². The molecule has 2 atom stereocenters. The molecule has 1 saturated heterocycles. The Morgan fingerprint density at radius 2 is 2.13 bits per heavy atom. The zero-order chi connectivity index (χ0) is 11.1. The van der Waals surface area contributed by atoms with Gasteiger partial charge >= 0.3 is 0 Å². The van der Waals surface area contributed by atoms with Crippen molar-refractivity contribution in [2.45, 2.75) is 76.9 Å². The maximum absolute atomic E-state index is 10.3. The van der Waals surface area contributed by atoms with Gasteiger partial charge in [0.15, 0.2) is 0 Å². The van der Waals surface area contributed by atoms with E-state index < -0.39 is 5.60 Å². The number of unbranched alkanes of at least 4 members (excludes halogenated alkanes) is 2. The van der Waals surface area contributed by atoms with Crippen LogP contribution in [0.3, 0.4) is 0 Å². The molecule has 0 aliphatic carbocycles. The van der Waals surface area contributed by atoms with Gasteiger partial charge in [0, 0.05) is 6.04 Å². The van der Waals surface area contributed by atoms with Crippen molar-refractivity contribution in [3.8, 4) is 0 Å². The lowest BCUT2D eigenvalue weighted by Crippen LogP contribution is -2.40. The van der Waals surface area contributed by atoms with Crippen LogP contribution in [-0.4, -0.2) is 23.3 Å². The Labute approximate surface area is 94.5 Å². The topological polar surface area (TPSA) is 32.3 Å². The van der Waals surface area contributed by atoms with Crippen LogP contribution in [0.2, 0.25) is 0 Å². The lowest BCUT2D eigenvalue weighted by molar-refractivity contribution is 0.0262. The van der Waals surface area contributed by atoms with E-state index in [1.165, 1.54) is 32.1 Å². The Bertz CT molecular complexity index is 162. The number of piperidine rings is 1. The quantitative estimate of drug-likeness (QED) is 0.665. The first kappa shape index (κ1) is 13.0. The van der Waals surface area contributed by atoms with E-state index in [1.807, 2.05) is 6.92 Å². The van der Waals surface area contributed by atoms with Crippen LogP contribution < -0.4 is 5.32 Å². The van der Waals surface area contributed by atoms with E-state index in [9.17, 15) is 5.11 Å². The molecule has 1 rings (SSSR count). The molecule has 15 heavy (non-hydrogen) atoms. The highest BCUT2D eigenvalue weighted by atomic mass is 16.3. The van der Waals surface area contributed by atoms with Crippen molar-refractivity contribution in [3.05, 3.63) is 0 Å². The number of aliphatic hydroxyl groups is 1. The second-order valence-corrected chi connectivity index (χ2v) is 5.31. The third kappa shape index (κ3) is 5.53. The van der Waals surface area contributed by atoms with Crippen molar-refractivity contribution in [1.29, 1.82) is 0 Å². The van der Waals surface area contributed by atoms with Crippen LogP contribution in [-0.2, 0) is 0 Å². The molecular formula is C13H27NO. The maximum Gasteiger partial charge on any atom is 0.0634 e. The Morgan fingerprint density at radius 3 is 2.73 bits per heavy atom. The first-order valence-corrected chi connectivity index (χ1v) is 6.60. The predicted molar refractivity (Wildman–Crippen MR) is 65.0 cm³/mol. The van der Waals surface area contributed by atoms with Crippen LogP contribution >= 0.6 is 0 Å². The molecule has 2 heteroatoms. The van der Waals surface area contributed by atoms with Crippen LogP contribution in [0, 0.1) is 0 Å². The van der Waals surface area contributed by atoms with E-state index in [1.54, 1.807) is 0 Å². The molecule has 0 amide bonds. The van der Waals surface area contributed by atoms with Crippen molar-refractivity contribution in [1.82, 2.24) is 5.32 Å². The van der Waals surface area contributed by atoms with Gasteiger partial charge in [-0.3, -0.25) is 0 Å². The Kier molecular flexibility index (Phi) is 5.62. The van der Waals surface area contributed by atoms with Gasteiger partial charge in [0.25, 0.3) is 0 Å². The molecular weight excluding hydrogens is 186 g/mol. The van der Waals surface area contributed by atoms with Crippen LogP contribution in [0.5, 0.6) is 0 Å². The molecule has 0 bridgehead atoms. The van der Waals surface area contributed by atoms with Crippen LogP contribution in [0.4, 0.5) is 0 Å². The zero-order valence-electron chi connectivity index (χ0n) is 10.4. The van der Waals surface area contributed by atoms with E-state index in [4.69, 9.17) is 0 Å². The summed E-state index contributed by atoms with van der Waals surface area (Å²) in [4.78, 5) is 0. The molecule has 2 unspecified atom stereocenters. The third-order valence-electron chi connectivity index (χ3n) is 3.42. The first-order chi connectivity index (χ1) is 7.14. The Hall–Kier alpha value is -0.0800. The number of nitrogens with one attached hydrogen (secondary N) is 1. The monoisotopic (exact) mass is 213 g/mol. The largest absolute Gasteiger partial charge is 0.390 e. The average molecular weight is 213 g/mol. The van der Waals surface area contributed by atoms with E-state index >= 15 is 0 Å². The summed E-state index contributed by atoms with van der Waals surface area (Å²) in [5.41, 5.74) is -0.454. The summed E-state index contributed by atoms with van der Waals surface area (Å²) in [6.45, 7) is 5.34. The Morgan fingerprint density at radius 1 is 1.33 bits per heavy atom. The SMILES string of the molecule is CCCCCC(C)(O)CC1CCCCN1. The van der Waals surface area contributed by atoms with Gasteiger partial charge in [-0.1, -0.05) is 32.6 Å². The summed E-state index contributed by atoms with van der Waals surface area (Å²) >= 11 is 0. The summed E-state index contributed by atoms with van der Waals surface area (Å²) in [6, 6.07) is 0.551. The summed E-state index contributed by atoms with van der Waals surface area (Å²) in [7, 11) is 0. The highest BCUT2D eigenvalue weighted by Gasteiger charge is 2.25. The molecule has 0 spiro atoms. The number of hydrogen-bond donors (Lipinski definition) is 2. The normalized spacial score (nSPS) is 26.2. The van der Waals surface area contributed by atoms with Gasteiger partial charge in [-0.25, -0.2) is 0 Å². The molecule has 90 valence electrons. The van der Waals surface area contributed by atoms with Gasteiger partial charge < -0.3 is 10.4 Å².